The Labute approximate surface area is 252 Å². The Balaban J connectivity index is 1.68. The van der Waals surface area contributed by atoms with E-state index in [0.717, 1.165) is 46.2 Å². The van der Waals surface area contributed by atoms with E-state index in [1.807, 2.05) is 51.1 Å². The molecule has 0 radical (unpaired) electrons. The van der Waals surface area contributed by atoms with Crippen molar-refractivity contribution in [3.05, 3.63) is 88.0 Å². The molecule has 0 aromatic heterocycles. The van der Waals surface area contributed by atoms with Crippen LogP contribution in [0, 0.1) is 26.7 Å². The summed E-state index contributed by atoms with van der Waals surface area (Å²) in [7, 11) is -9.73. The number of aryl methyl sites for hydroxylation is 3. The zero-order valence-corrected chi connectivity index (χ0v) is 26.4. The van der Waals surface area contributed by atoms with Gasteiger partial charge in [-0.2, -0.15) is 16.8 Å². The van der Waals surface area contributed by atoms with E-state index in [1.54, 1.807) is 0 Å². The quantitative estimate of drug-likeness (QED) is 0.164. The van der Waals surface area contributed by atoms with Crippen LogP contribution in [0.15, 0.2) is 64.4 Å². The summed E-state index contributed by atoms with van der Waals surface area (Å²) >= 11 is 0. The monoisotopic (exact) mass is 624 g/mol. The van der Waals surface area contributed by atoms with E-state index in [2.05, 4.69) is 13.0 Å². The van der Waals surface area contributed by atoms with E-state index in [1.165, 1.54) is 19.1 Å². The number of phenolic OH excluding ortho intramolecular Hbond substituents is 1. The number of hydrogen-bond donors (Lipinski definition) is 3. The van der Waals surface area contributed by atoms with Gasteiger partial charge in [-0.1, -0.05) is 68.8 Å². The predicted octanol–water partition coefficient (Wildman–Crippen LogP) is 6.77. The molecule has 0 heterocycles. The van der Waals surface area contributed by atoms with Gasteiger partial charge in [-0.3, -0.25) is 13.9 Å². The fourth-order valence-electron chi connectivity index (χ4n) is 5.58. The van der Waals surface area contributed by atoms with Crippen LogP contribution in [0.25, 0.3) is 21.9 Å². The van der Waals surface area contributed by atoms with Gasteiger partial charge < -0.3 is 5.11 Å². The Bertz CT molecular complexity index is 1960. The molecule has 0 saturated carbocycles. The number of carbonyl (C=O) groups is 1. The first-order valence-electron chi connectivity index (χ1n) is 14.0. The van der Waals surface area contributed by atoms with Gasteiger partial charge in [0.2, 0.25) is 0 Å². The summed E-state index contributed by atoms with van der Waals surface area (Å²) in [6.45, 7) is 9.34. The number of phenols is 1. The number of hydrogen-bond acceptors (Lipinski definition) is 6. The van der Waals surface area contributed by atoms with Crippen molar-refractivity contribution >= 4 is 36.8 Å². The maximum atomic E-state index is 12.6. The van der Waals surface area contributed by atoms with E-state index in [0.29, 0.717) is 18.1 Å². The average molecular weight is 625 g/mol. The van der Waals surface area contributed by atoms with Crippen molar-refractivity contribution in [2.75, 3.05) is 0 Å². The largest absolute Gasteiger partial charge is 0.507 e. The third-order valence-corrected chi connectivity index (χ3v) is 10.00. The standard InChI is InChI=1S/C33H36O8S2/c1-6-7-19(2)29(34)17-24-9-11-26(15-21(24)4)25-10-8-23(20(3)14-25)16-27-12-13-28-31(43(39,40)41)18-30(42(36,37)38)22(5)32(28)33(27)35/h8-15,18-19,35H,6-7,16-17H2,1-5H3,(H,36,37,38)(H,39,40,41). The molecule has 8 nitrogen and oxygen atoms in total. The maximum absolute atomic E-state index is 12.6. The third kappa shape index (κ3) is 6.83. The van der Waals surface area contributed by atoms with Crippen molar-refractivity contribution < 1.29 is 35.8 Å². The highest BCUT2D eigenvalue weighted by Crippen LogP contribution is 2.39. The Hall–Kier alpha value is -3.57. The number of Topliss-reactive ketones (excluding diaryl/α,β-unsaturated/α-hetero) is 1. The molecule has 228 valence electrons. The molecule has 0 saturated heterocycles. The van der Waals surface area contributed by atoms with Crippen molar-refractivity contribution in [2.24, 2.45) is 5.92 Å². The molecule has 4 aromatic carbocycles. The SMILES string of the molecule is CCCC(C)C(=O)Cc1ccc(-c2ccc(Cc3ccc4c(S(=O)(=O)O)cc(S(=O)(=O)O)c(C)c4c3O)c(C)c2)cc1C. The Kier molecular flexibility index (Phi) is 9.18. The lowest BCUT2D eigenvalue weighted by molar-refractivity contribution is -0.121. The molecule has 3 N–H and O–H groups in total. The van der Waals surface area contributed by atoms with Gasteiger partial charge >= 0.3 is 0 Å². The van der Waals surface area contributed by atoms with E-state index >= 15 is 0 Å². The van der Waals surface area contributed by atoms with Crippen LogP contribution in [-0.2, 0) is 37.9 Å². The van der Waals surface area contributed by atoms with Crippen molar-refractivity contribution in [1.29, 1.82) is 0 Å². The summed E-state index contributed by atoms with van der Waals surface area (Å²) in [6.07, 6.45) is 2.53. The summed E-state index contributed by atoms with van der Waals surface area (Å²) in [5.41, 5.74) is 6.22. The van der Waals surface area contributed by atoms with Crippen molar-refractivity contribution in [2.45, 2.75) is 70.1 Å². The minimum absolute atomic E-state index is 0.0414. The summed E-state index contributed by atoms with van der Waals surface area (Å²) in [5, 5.41) is 11.0. The second-order valence-electron chi connectivity index (χ2n) is 11.2. The highest BCUT2D eigenvalue weighted by Gasteiger charge is 2.26. The first-order valence-corrected chi connectivity index (χ1v) is 16.9. The molecule has 4 aromatic rings. The van der Waals surface area contributed by atoms with Gasteiger partial charge in [-0.15, -0.1) is 0 Å². The third-order valence-electron chi connectivity index (χ3n) is 8.12. The molecule has 0 aliphatic carbocycles. The van der Waals surface area contributed by atoms with E-state index < -0.39 is 30.0 Å². The molecular formula is C33H36O8S2. The zero-order valence-electron chi connectivity index (χ0n) is 24.8. The molecule has 0 bridgehead atoms. The second kappa shape index (κ2) is 12.2. The smallest absolute Gasteiger partial charge is 0.295 e. The van der Waals surface area contributed by atoms with Crippen LogP contribution in [0.4, 0.5) is 0 Å². The molecular weight excluding hydrogens is 588 g/mol. The molecule has 0 spiro atoms. The minimum atomic E-state index is -4.88. The van der Waals surface area contributed by atoms with Crippen molar-refractivity contribution in [3.63, 3.8) is 0 Å². The molecule has 1 atom stereocenters. The lowest BCUT2D eigenvalue weighted by Gasteiger charge is -2.16. The van der Waals surface area contributed by atoms with Crippen LogP contribution in [0.2, 0.25) is 0 Å². The van der Waals surface area contributed by atoms with Crippen molar-refractivity contribution in [1.82, 2.24) is 0 Å². The predicted molar refractivity (Wildman–Crippen MR) is 167 cm³/mol. The second-order valence-corrected chi connectivity index (χ2v) is 14.0. The number of benzene rings is 4. The van der Waals surface area contributed by atoms with Crippen LogP contribution in [-0.4, -0.2) is 36.8 Å². The fourth-order valence-corrected chi connectivity index (χ4v) is 7.13. The highest BCUT2D eigenvalue weighted by atomic mass is 32.2. The van der Waals surface area contributed by atoms with Crippen LogP contribution in [0.5, 0.6) is 5.75 Å². The molecule has 43 heavy (non-hydrogen) atoms. The first-order chi connectivity index (χ1) is 20.0. The zero-order chi connectivity index (χ0) is 31.9. The van der Waals surface area contributed by atoms with Gasteiger partial charge in [-0.25, -0.2) is 0 Å². The van der Waals surface area contributed by atoms with Gasteiger partial charge in [0.05, 0.1) is 4.90 Å². The van der Waals surface area contributed by atoms with Gasteiger partial charge in [0.1, 0.15) is 16.4 Å². The average Bonchev–Trinajstić information content (AvgIpc) is 2.91. The number of aromatic hydroxyl groups is 1. The van der Waals surface area contributed by atoms with Gasteiger partial charge in [0, 0.05) is 29.5 Å². The summed E-state index contributed by atoms with van der Waals surface area (Å²) in [4.78, 5) is 11.1. The van der Waals surface area contributed by atoms with Gasteiger partial charge in [0.15, 0.2) is 0 Å². The normalized spacial score (nSPS) is 12.9. The number of rotatable bonds is 10. The minimum Gasteiger partial charge on any atom is -0.507 e. The summed E-state index contributed by atoms with van der Waals surface area (Å²) < 4.78 is 67.4. The van der Waals surface area contributed by atoms with Crippen LogP contribution < -0.4 is 0 Å². The molecule has 0 fully saturated rings. The Morgan fingerprint density at radius 2 is 1.30 bits per heavy atom. The Morgan fingerprint density at radius 3 is 1.81 bits per heavy atom. The number of carbonyl (C=O) groups excluding carboxylic acids is 1. The van der Waals surface area contributed by atoms with Crippen LogP contribution >= 0.6 is 0 Å². The molecule has 0 amide bonds. The highest BCUT2D eigenvalue weighted by molar-refractivity contribution is 7.86. The van der Waals surface area contributed by atoms with E-state index in [-0.39, 0.29) is 40.2 Å². The van der Waals surface area contributed by atoms with Crippen LogP contribution in [0.3, 0.4) is 0 Å². The molecule has 0 aliphatic heterocycles. The first kappa shape index (κ1) is 32.3. The maximum Gasteiger partial charge on any atom is 0.295 e. The van der Waals surface area contributed by atoms with Gasteiger partial charge in [0.25, 0.3) is 20.2 Å². The molecule has 1 unspecified atom stereocenters. The topological polar surface area (TPSA) is 146 Å². The van der Waals surface area contributed by atoms with Gasteiger partial charge in [-0.05, 0) is 77.8 Å². The summed E-state index contributed by atoms with van der Waals surface area (Å²) in [5.74, 6) is -0.0592. The Morgan fingerprint density at radius 1 is 0.767 bits per heavy atom. The number of ketones is 1. The molecule has 10 heteroatoms. The molecule has 4 rings (SSSR count). The van der Waals surface area contributed by atoms with Crippen LogP contribution in [0.1, 0.15) is 60.1 Å². The van der Waals surface area contributed by atoms with Crippen molar-refractivity contribution in [3.8, 4) is 16.9 Å². The number of fused-ring (bicyclic) bond motifs is 1. The summed E-state index contributed by atoms with van der Waals surface area (Å²) in [6, 6.07) is 15.6. The van der Waals surface area contributed by atoms with E-state index in [9.17, 15) is 35.8 Å². The fraction of sp³-hybridized carbons (Fsp3) is 0.303. The van der Waals surface area contributed by atoms with E-state index in [4.69, 9.17) is 0 Å². The molecule has 0 aliphatic rings. The lowest BCUT2D eigenvalue weighted by Crippen LogP contribution is -2.14. The lowest BCUT2D eigenvalue weighted by atomic mass is 9.91.